The topological polar surface area (TPSA) is 51.7 Å². The first-order chi connectivity index (χ1) is 10.2. The SMILES string of the molecule is COC(=O)C1CCN(c2nccc3c(OC)cccc23)C1. The zero-order valence-electron chi connectivity index (χ0n) is 12.2. The van der Waals surface area contributed by atoms with Gasteiger partial charge in [-0.05, 0) is 18.6 Å². The van der Waals surface area contributed by atoms with Crippen molar-refractivity contribution in [3.8, 4) is 5.75 Å². The molecule has 2 aromatic rings. The van der Waals surface area contributed by atoms with Gasteiger partial charge in [0.05, 0.1) is 20.1 Å². The van der Waals surface area contributed by atoms with Gasteiger partial charge in [0, 0.05) is 30.1 Å². The Morgan fingerprint density at radius 3 is 2.90 bits per heavy atom. The number of fused-ring (bicyclic) bond motifs is 1. The molecule has 3 rings (SSSR count). The lowest BCUT2D eigenvalue weighted by molar-refractivity contribution is -0.144. The first-order valence-corrected chi connectivity index (χ1v) is 6.99. The van der Waals surface area contributed by atoms with Gasteiger partial charge in [-0.3, -0.25) is 4.79 Å². The van der Waals surface area contributed by atoms with Crippen molar-refractivity contribution >= 4 is 22.6 Å². The van der Waals surface area contributed by atoms with E-state index in [-0.39, 0.29) is 11.9 Å². The maximum Gasteiger partial charge on any atom is 0.310 e. The normalized spacial score (nSPS) is 18.0. The average Bonchev–Trinajstić information content (AvgIpc) is 3.02. The maximum absolute atomic E-state index is 11.7. The van der Waals surface area contributed by atoms with Crippen molar-refractivity contribution in [3.05, 3.63) is 30.5 Å². The molecular weight excluding hydrogens is 268 g/mol. The minimum atomic E-state index is -0.143. The molecule has 1 aromatic heterocycles. The predicted octanol–water partition coefficient (Wildman–Crippen LogP) is 2.24. The summed E-state index contributed by atoms with van der Waals surface area (Å²) in [6, 6.07) is 7.88. The van der Waals surface area contributed by atoms with Crippen molar-refractivity contribution < 1.29 is 14.3 Å². The number of ether oxygens (including phenoxy) is 2. The largest absolute Gasteiger partial charge is 0.496 e. The van der Waals surface area contributed by atoms with Crippen LogP contribution in [-0.4, -0.2) is 38.3 Å². The molecule has 1 unspecified atom stereocenters. The van der Waals surface area contributed by atoms with Gasteiger partial charge >= 0.3 is 5.97 Å². The van der Waals surface area contributed by atoms with Crippen LogP contribution in [0.4, 0.5) is 5.82 Å². The summed E-state index contributed by atoms with van der Waals surface area (Å²) in [5.74, 6) is 1.52. The molecule has 0 aliphatic carbocycles. The molecule has 0 amide bonds. The van der Waals surface area contributed by atoms with Gasteiger partial charge in [0.25, 0.3) is 0 Å². The van der Waals surface area contributed by atoms with E-state index in [1.54, 1.807) is 13.3 Å². The van der Waals surface area contributed by atoms with E-state index >= 15 is 0 Å². The highest BCUT2D eigenvalue weighted by Crippen LogP contribution is 2.33. The fourth-order valence-corrected chi connectivity index (χ4v) is 2.90. The van der Waals surface area contributed by atoms with Gasteiger partial charge in [-0.15, -0.1) is 0 Å². The van der Waals surface area contributed by atoms with Crippen LogP contribution in [0, 0.1) is 5.92 Å². The van der Waals surface area contributed by atoms with Crippen LogP contribution in [-0.2, 0) is 9.53 Å². The molecule has 1 aliphatic rings. The van der Waals surface area contributed by atoms with Crippen LogP contribution in [0.3, 0.4) is 0 Å². The summed E-state index contributed by atoms with van der Waals surface area (Å²) in [6.45, 7) is 1.46. The third kappa shape index (κ3) is 2.39. The number of pyridine rings is 1. The van der Waals surface area contributed by atoms with E-state index < -0.39 is 0 Å². The minimum Gasteiger partial charge on any atom is -0.496 e. The first-order valence-electron chi connectivity index (χ1n) is 6.99. The summed E-state index contributed by atoms with van der Waals surface area (Å²) in [7, 11) is 3.10. The lowest BCUT2D eigenvalue weighted by Gasteiger charge is -2.19. The van der Waals surface area contributed by atoms with Crippen LogP contribution in [0.2, 0.25) is 0 Å². The van der Waals surface area contributed by atoms with Crippen LogP contribution in [0.15, 0.2) is 30.5 Å². The predicted molar refractivity (Wildman–Crippen MR) is 80.6 cm³/mol. The monoisotopic (exact) mass is 286 g/mol. The second-order valence-electron chi connectivity index (χ2n) is 5.14. The molecule has 0 spiro atoms. The Morgan fingerprint density at radius 2 is 2.14 bits per heavy atom. The molecule has 1 atom stereocenters. The average molecular weight is 286 g/mol. The minimum absolute atomic E-state index is 0.0716. The number of nitrogens with zero attached hydrogens (tertiary/aromatic N) is 2. The number of hydrogen-bond donors (Lipinski definition) is 0. The van der Waals surface area contributed by atoms with Gasteiger partial charge in [0.2, 0.25) is 0 Å². The molecular formula is C16H18N2O3. The maximum atomic E-state index is 11.7. The van der Waals surface area contributed by atoms with Gasteiger partial charge in [-0.1, -0.05) is 12.1 Å². The van der Waals surface area contributed by atoms with Gasteiger partial charge in [-0.2, -0.15) is 0 Å². The van der Waals surface area contributed by atoms with Crippen molar-refractivity contribution in [2.24, 2.45) is 5.92 Å². The number of esters is 1. The lowest BCUT2D eigenvalue weighted by atomic mass is 10.1. The molecule has 0 saturated carbocycles. The Kier molecular flexibility index (Phi) is 3.64. The summed E-state index contributed by atoms with van der Waals surface area (Å²) in [5.41, 5.74) is 0. The Bertz CT molecular complexity index is 672. The Labute approximate surface area is 123 Å². The number of benzene rings is 1. The van der Waals surface area contributed by atoms with Crippen molar-refractivity contribution in [1.82, 2.24) is 4.98 Å². The van der Waals surface area contributed by atoms with Crippen LogP contribution in [0.5, 0.6) is 5.75 Å². The third-order valence-electron chi connectivity index (χ3n) is 3.99. The zero-order valence-corrected chi connectivity index (χ0v) is 12.2. The van der Waals surface area contributed by atoms with Crippen molar-refractivity contribution in [2.75, 3.05) is 32.2 Å². The molecule has 0 radical (unpaired) electrons. The second kappa shape index (κ2) is 5.60. The summed E-state index contributed by atoms with van der Waals surface area (Å²) >= 11 is 0. The molecule has 1 saturated heterocycles. The standard InChI is InChI=1S/C16H18N2O3/c1-20-14-5-3-4-13-12(14)6-8-17-15(13)18-9-7-11(10-18)16(19)21-2/h3-6,8,11H,7,9-10H2,1-2H3. The Balaban J connectivity index is 1.97. The third-order valence-corrected chi connectivity index (χ3v) is 3.99. The summed E-state index contributed by atoms with van der Waals surface area (Å²) in [5, 5.41) is 2.08. The number of carbonyl (C=O) groups excluding carboxylic acids is 1. The van der Waals surface area contributed by atoms with E-state index in [1.165, 1.54) is 7.11 Å². The highest BCUT2D eigenvalue weighted by Gasteiger charge is 2.30. The first kappa shape index (κ1) is 13.7. The van der Waals surface area contributed by atoms with Crippen LogP contribution in [0.1, 0.15) is 6.42 Å². The van der Waals surface area contributed by atoms with E-state index in [0.717, 1.165) is 35.3 Å². The van der Waals surface area contributed by atoms with Crippen LogP contribution >= 0.6 is 0 Å². The lowest BCUT2D eigenvalue weighted by Crippen LogP contribution is -2.24. The Morgan fingerprint density at radius 1 is 1.29 bits per heavy atom. The molecule has 5 heteroatoms. The van der Waals surface area contributed by atoms with Crippen molar-refractivity contribution in [2.45, 2.75) is 6.42 Å². The number of methoxy groups -OCH3 is 2. The van der Waals surface area contributed by atoms with Crippen LogP contribution < -0.4 is 9.64 Å². The fraction of sp³-hybridized carbons (Fsp3) is 0.375. The van der Waals surface area contributed by atoms with E-state index in [4.69, 9.17) is 9.47 Å². The van der Waals surface area contributed by atoms with Crippen molar-refractivity contribution in [1.29, 1.82) is 0 Å². The zero-order chi connectivity index (χ0) is 14.8. The molecule has 1 aromatic carbocycles. The van der Waals surface area contributed by atoms with E-state index in [0.29, 0.717) is 6.54 Å². The number of rotatable bonds is 3. The number of aromatic nitrogens is 1. The number of anilines is 1. The molecule has 0 N–H and O–H groups in total. The smallest absolute Gasteiger partial charge is 0.310 e. The van der Waals surface area contributed by atoms with Crippen LogP contribution in [0.25, 0.3) is 10.8 Å². The molecule has 21 heavy (non-hydrogen) atoms. The Hall–Kier alpha value is -2.30. The molecule has 0 bridgehead atoms. The van der Waals surface area contributed by atoms with Crippen molar-refractivity contribution in [3.63, 3.8) is 0 Å². The van der Waals surface area contributed by atoms with Gasteiger partial charge in [-0.25, -0.2) is 4.98 Å². The summed E-state index contributed by atoms with van der Waals surface area (Å²) < 4.78 is 10.2. The quantitative estimate of drug-likeness (QED) is 0.810. The number of carbonyl (C=O) groups is 1. The number of hydrogen-bond acceptors (Lipinski definition) is 5. The molecule has 5 nitrogen and oxygen atoms in total. The van der Waals surface area contributed by atoms with Gasteiger partial charge in [0.1, 0.15) is 11.6 Å². The molecule has 1 aliphatic heterocycles. The fourth-order valence-electron chi connectivity index (χ4n) is 2.90. The molecule has 110 valence electrons. The second-order valence-corrected chi connectivity index (χ2v) is 5.14. The van der Waals surface area contributed by atoms with E-state index in [2.05, 4.69) is 9.88 Å². The van der Waals surface area contributed by atoms with Gasteiger partial charge < -0.3 is 14.4 Å². The molecule has 2 heterocycles. The highest BCUT2D eigenvalue weighted by molar-refractivity contribution is 5.96. The van der Waals surface area contributed by atoms with Gasteiger partial charge in [0.15, 0.2) is 0 Å². The molecule has 1 fully saturated rings. The summed E-state index contributed by atoms with van der Waals surface area (Å²) in [4.78, 5) is 18.3. The van der Waals surface area contributed by atoms with E-state index in [9.17, 15) is 4.79 Å². The van der Waals surface area contributed by atoms with E-state index in [1.807, 2.05) is 24.3 Å². The highest BCUT2D eigenvalue weighted by atomic mass is 16.5. The summed E-state index contributed by atoms with van der Waals surface area (Å²) in [6.07, 6.45) is 2.58.